The van der Waals surface area contributed by atoms with Crippen LogP contribution in [0.15, 0.2) is 24.3 Å². The second-order valence-electron chi connectivity index (χ2n) is 6.68. The molecule has 3 rings (SSSR count). The van der Waals surface area contributed by atoms with Crippen LogP contribution in [-0.4, -0.2) is 46.8 Å². The molecule has 2 aromatic rings. The van der Waals surface area contributed by atoms with E-state index in [9.17, 15) is 5.11 Å². The van der Waals surface area contributed by atoms with Crippen LogP contribution in [0, 0.1) is 0 Å². The summed E-state index contributed by atoms with van der Waals surface area (Å²) >= 11 is 0. The van der Waals surface area contributed by atoms with Gasteiger partial charge in [-0.3, -0.25) is 0 Å². The molecule has 0 fully saturated rings. The fourth-order valence-corrected chi connectivity index (χ4v) is 3.92. The Labute approximate surface area is 164 Å². The maximum absolute atomic E-state index is 11.0. The molecular weight excluding hydrogens is 362 g/mol. The van der Waals surface area contributed by atoms with Gasteiger partial charge in [0, 0.05) is 23.6 Å². The summed E-state index contributed by atoms with van der Waals surface area (Å²) in [7, 11) is 7.88. The van der Waals surface area contributed by atoms with Crippen LogP contribution in [-0.2, 0) is 6.42 Å². The van der Waals surface area contributed by atoms with Crippen molar-refractivity contribution in [1.82, 2.24) is 0 Å². The number of hydrogen-bond acceptors (Lipinski definition) is 7. The summed E-state index contributed by atoms with van der Waals surface area (Å²) in [6.45, 7) is 0. The van der Waals surface area contributed by atoms with Gasteiger partial charge in [0.05, 0.1) is 41.7 Å². The first-order valence-corrected chi connectivity index (χ1v) is 8.97. The number of hydrogen-bond donors (Lipinski definition) is 2. The summed E-state index contributed by atoms with van der Waals surface area (Å²) in [5.74, 6) is 2.51. The molecule has 1 aliphatic rings. The quantitative estimate of drug-likeness (QED) is 0.784. The summed E-state index contributed by atoms with van der Waals surface area (Å²) in [6, 6.07) is 6.85. The van der Waals surface area contributed by atoms with Gasteiger partial charge in [0.1, 0.15) is 5.75 Å². The molecule has 0 amide bonds. The molecule has 152 valence electrons. The third-order valence-electron chi connectivity index (χ3n) is 5.33. The zero-order valence-electron chi connectivity index (χ0n) is 16.8. The first-order chi connectivity index (χ1) is 13.5. The molecule has 3 atom stereocenters. The summed E-state index contributed by atoms with van der Waals surface area (Å²) in [5, 5.41) is 11.0. The number of methoxy groups -OCH3 is 5. The fraction of sp³-hybridized carbons (Fsp3) is 0.429. The van der Waals surface area contributed by atoms with Crippen LogP contribution in [0.3, 0.4) is 0 Å². The largest absolute Gasteiger partial charge is 0.496 e. The normalized spacial score (nSPS) is 20.9. The lowest BCUT2D eigenvalue weighted by Crippen LogP contribution is -2.36. The molecule has 7 nitrogen and oxygen atoms in total. The molecular formula is C21H27NO6. The highest BCUT2D eigenvalue weighted by Crippen LogP contribution is 2.48. The number of rotatable bonds is 6. The van der Waals surface area contributed by atoms with E-state index in [0.29, 0.717) is 35.2 Å². The van der Waals surface area contributed by atoms with Crippen molar-refractivity contribution >= 4 is 0 Å². The minimum absolute atomic E-state index is 0.389. The Morgan fingerprint density at radius 1 is 0.714 bits per heavy atom. The molecule has 1 aliphatic carbocycles. The van der Waals surface area contributed by atoms with Crippen molar-refractivity contribution in [2.75, 3.05) is 35.5 Å². The highest BCUT2D eigenvalue weighted by atomic mass is 16.5. The maximum Gasteiger partial charge on any atom is 0.164 e. The van der Waals surface area contributed by atoms with E-state index in [2.05, 4.69) is 0 Å². The standard InChI is InChI=1S/C21H27NO6/c1-24-15-10-19(28-5)18(27-4)9-13(15)20-14(23)6-11-7-16(25-2)17(26-3)8-12(11)21(20)22/h7-10,14,20-21,23H,6,22H2,1-5H3. The molecule has 0 saturated heterocycles. The monoisotopic (exact) mass is 389 g/mol. The highest BCUT2D eigenvalue weighted by Gasteiger charge is 2.38. The third kappa shape index (κ3) is 3.31. The van der Waals surface area contributed by atoms with E-state index in [-0.39, 0.29) is 5.92 Å². The van der Waals surface area contributed by atoms with Crippen molar-refractivity contribution in [2.24, 2.45) is 5.73 Å². The zero-order chi connectivity index (χ0) is 20.4. The minimum atomic E-state index is -0.701. The fourth-order valence-electron chi connectivity index (χ4n) is 3.92. The molecule has 0 radical (unpaired) electrons. The molecule has 3 unspecified atom stereocenters. The van der Waals surface area contributed by atoms with Crippen LogP contribution in [0.4, 0.5) is 0 Å². The predicted octanol–water partition coefficient (Wildman–Crippen LogP) is 2.43. The summed E-state index contributed by atoms with van der Waals surface area (Å²) in [6.07, 6.45) is -0.265. The van der Waals surface area contributed by atoms with Crippen molar-refractivity contribution in [3.05, 3.63) is 41.0 Å². The van der Waals surface area contributed by atoms with Gasteiger partial charge in [0.25, 0.3) is 0 Å². The van der Waals surface area contributed by atoms with E-state index in [1.54, 1.807) is 41.6 Å². The average Bonchev–Trinajstić information content (AvgIpc) is 2.72. The van der Waals surface area contributed by atoms with Crippen molar-refractivity contribution in [3.63, 3.8) is 0 Å². The van der Waals surface area contributed by atoms with E-state index in [1.807, 2.05) is 18.2 Å². The molecule has 0 heterocycles. The van der Waals surface area contributed by atoms with Gasteiger partial charge in [-0.05, 0) is 35.7 Å². The van der Waals surface area contributed by atoms with Gasteiger partial charge >= 0.3 is 0 Å². The molecule has 7 heteroatoms. The van der Waals surface area contributed by atoms with Crippen LogP contribution in [0.25, 0.3) is 0 Å². The Morgan fingerprint density at radius 3 is 1.71 bits per heavy atom. The van der Waals surface area contributed by atoms with Gasteiger partial charge in [-0.1, -0.05) is 0 Å². The SMILES string of the molecule is COc1cc2c(cc1OC)C(N)C(c1cc(OC)c(OC)cc1OC)C(O)C2. The summed E-state index contributed by atoms with van der Waals surface area (Å²) in [5.41, 5.74) is 9.24. The molecule has 0 aromatic heterocycles. The van der Waals surface area contributed by atoms with Gasteiger partial charge in [-0.15, -0.1) is 0 Å². The molecule has 0 bridgehead atoms. The third-order valence-corrected chi connectivity index (χ3v) is 5.33. The lowest BCUT2D eigenvalue weighted by Gasteiger charge is -2.36. The van der Waals surface area contributed by atoms with Gasteiger partial charge in [-0.2, -0.15) is 0 Å². The summed E-state index contributed by atoms with van der Waals surface area (Å²) < 4.78 is 27.2. The first-order valence-electron chi connectivity index (χ1n) is 8.97. The molecule has 0 spiro atoms. The van der Waals surface area contributed by atoms with E-state index in [1.165, 1.54) is 0 Å². The topological polar surface area (TPSA) is 92.4 Å². The molecule has 2 aromatic carbocycles. The Hall–Kier alpha value is -2.64. The van der Waals surface area contributed by atoms with Crippen LogP contribution in [0.2, 0.25) is 0 Å². The lowest BCUT2D eigenvalue weighted by atomic mass is 9.74. The molecule has 3 N–H and O–H groups in total. The predicted molar refractivity (Wildman–Crippen MR) is 105 cm³/mol. The maximum atomic E-state index is 11.0. The highest BCUT2D eigenvalue weighted by molar-refractivity contribution is 5.56. The van der Waals surface area contributed by atoms with Gasteiger partial charge < -0.3 is 34.5 Å². The Bertz CT molecular complexity index is 853. The average molecular weight is 389 g/mol. The van der Waals surface area contributed by atoms with Gasteiger partial charge in [-0.25, -0.2) is 0 Å². The zero-order valence-corrected chi connectivity index (χ0v) is 16.8. The number of benzene rings is 2. The van der Waals surface area contributed by atoms with Gasteiger partial charge in [0.15, 0.2) is 23.0 Å². The second-order valence-corrected chi connectivity index (χ2v) is 6.68. The Kier molecular flexibility index (Phi) is 5.86. The minimum Gasteiger partial charge on any atom is -0.496 e. The van der Waals surface area contributed by atoms with Crippen molar-refractivity contribution in [3.8, 4) is 28.7 Å². The van der Waals surface area contributed by atoms with Crippen LogP contribution >= 0.6 is 0 Å². The molecule has 0 saturated carbocycles. The van der Waals surface area contributed by atoms with E-state index in [0.717, 1.165) is 16.7 Å². The van der Waals surface area contributed by atoms with Crippen molar-refractivity contribution in [2.45, 2.75) is 24.5 Å². The number of fused-ring (bicyclic) bond motifs is 1. The number of nitrogens with two attached hydrogens (primary N) is 1. The second kappa shape index (κ2) is 8.16. The molecule has 0 aliphatic heterocycles. The van der Waals surface area contributed by atoms with Crippen molar-refractivity contribution < 1.29 is 28.8 Å². The summed E-state index contributed by atoms with van der Waals surface area (Å²) in [4.78, 5) is 0. The smallest absolute Gasteiger partial charge is 0.164 e. The number of ether oxygens (including phenoxy) is 5. The Morgan fingerprint density at radius 2 is 1.18 bits per heavy atom. The van der Waals surface area contributed by atoms with Crippen LogP contribution in [0.5, 0.6) is 28.7 Å². The van der Waals surface area contributed by atoms with Crippen LogP contribution in [0.1, 0.15) is 28.7 Å². The van der Waals surface area contributed by atoms with Crippen LogP contribution < -0.4 is 29.4 Å². The number of aliphatic hydroxyl groups excluding tert-OH is 1. The van der Waals surface area contributed by atoms with Gasteiger partial charge in [0.2, 0.25) is 0 Å². The lowest BCUT2D eigenvalue weighted by molar-refractivity contribution is 0.120. The van der Waals surface area contributed by atoms with E-state index < -0.39 is 12.1 Å². The van der Waals surface area contributed by atoms with Crippen molar-refractivity contribution in [1.29, 1.82) is 0 Å². The molecule has 28 heavy (non-hydrogen) atoms. The Balaban J connectivity index is 2.12. The van der Waals surface area contributed by atoms with E-state index in [4.69, 9.17) is 29.4 Å². The van der Waals surface area contributed by atoms with E-state index >= 15 is 0 Å². The first kappa shape index (κ1) is 20.1. The number of aliphatic hydroxyl groups is 1.